The van der Waals surface area contributed by atoms with Crippen molar-refractivity contribution in [3.05, 3.63) is 41.5 Å². The molecule has 6 heteroatoms. The van der Waals surface area contributed by atoms with Crippen LogP contribution in [0.1, 0.15) is 5.69 Å². The Bertz CT molecular complexity index is 497. The molecule has 0 aromatic carbocycles. The molecule has 0 saturated heterocycles. The van der Waals surface area contributed by atoms with Crippen molar-refractivity contribution in [2.75, 3.05) is 0 Å². The van der Waals surface area contributed by atoms with Crippen molar-refractivity contribution in [3.8, 4) is 0 Å². The van der Waals surface area contributed by atoms with Crippen LogP contribution >= 0.6 is 23.1 Å². The number of hydrogen-bond donors (Lipinski definition) is 2. The molecule has 0 amide bonds. The molecule has 0 saturated carbocycles. The van der Waals surface area contributed by atoms with Crippen molar-refractivity contribution in [1.29, 1.82) is 0 Å². The number of nitrogens with two attached hydrogens (primary N) is 1. The Balaban J connectivity index is 2.34. The Hall–Kier alpha value is -1.53. The van der Waals surface area contributed by atoms with Crippen LogP contribution in [0.15, 0.2) is 50.1 Å². The van der Waals surface area contributed by atoms with Gasteiger partial charge in [0, 0.05) is 11.1 Å². The van der Waals surface area contributed by atoms with Gasteiger partial charge in [0.15, 0.2) is 5.84 Å². The van der Waals surface area contributed by atoms with Crippen LogP contribution in [0.4, 0.5) is 0 Å². The molecular weight excluding hydrogens is 242 g/mol. The number of rotatable bonds is 3. The summed E-state index contributed by atoms with van der Waals surface area (Å²) in [6.45, 7) is 0. The van der Waals surface area contributed by atoms with Crippen LogP contribution in [-0.2, 0) is 0 Å². The summed E-state index contributed by atoms with van der Waals surface area (Å²) in [4.78, 5) is 4.97. The minimum Gasteiger partial charge on any atom is -0.409 e. The maximum atomic E-state index is 8.66. The lowest BCUT2D eigenvalue weighted by Crippen LogP contribution is -2.15. The van der Waals surface area contributed by atoms with Crippen LogP contribution in [0.5, 0.6) is 0 Å². The predicted molar refractivity (Wildman–Crippen MR) is 65.2 cm³/mol. The Morgan fingerprint density at radius 2 is 2.31 bits per heavy atom. The predicted octanol–water partition coefficient (Wildman–Crippen LogP) is 2.39. The second kappa shape index (κ2) is 5.00. The van der Waals surface area contributed by atoms with Gasteiger partial charge in [0.25, 0.3) is 0 Å². The summed E-state index contributed by atoms with van der Waals surface area (Å²) in [5.74, 6) is 0.0275. The van der Waals surface area contributed by atoms with Crippen LogP contribution in [-0.4, -0.2) is 16.0 Å². The van der Waals surface area contributed by atoms with Crippen molar-refractivity contribution >= 4 is 28.9 Å². The second-order valence-corrected chi connectivity index (χ2v) is 5.16. The van der Waals surface area contributed by atoms with Gasteiger partial charge < -0.3 is 10.9 Å². The average Bonchev–Trinajstić information content (AvgIpc) is 2.82. The zero-order valence-corrected chi connectivity index (χ0v) is 9.83. The van der Waals surface area contributed by atoms with E-state index in [1.54, 1.807) is 29.3 Å². The third kappa shape index (κ3) is 2.34. The van der Waals surface area contributed by atoms with Crippen LogP contribution in [0.3, 0.4) is 0 Å². The number of thiophene rings is 1. The maximum Gasteiger partial charge on any atom is 0.189 e. The van der Waals surface area contributed by atoms with Gasteiger partial charge in [-0.3, -0.25) is 4.98 Å². The number of oxime groups is 1. The highest BCUT2D eigenvalue weighted by molar-refractivity contribution is 8.01. The first-order valence-corrected chi connectivity index (χ1v) is 6.15. The van der Waals surface area contributed by atoms with E-state index in [2.05, 4.69) is 10.1 Å². The van der Waals surface area contributed by atoms with Crippen molar-refractivity contribution in [2.24, 2.45) is 10.9 Å². The van der Waals surface area contributed by atoms with Crippen molar-refractivity contribution < 1.29 is 5.21 Å². The SMILES string of the molecule is N/C(=N/O)c1ncccc1Sc1cccs1. The molecule has 0 bridgehead atoms. The van der Waals surface area contributed by atoms with E-state index in [1.807, 2.05) is 29.6 Å². The summed E-state index contributed by atoms with van der Waals surface area (Å²) in [6.07, 6.45) is 1.62. The van der Waals surface area contributed by atoms with Crippen LogP contribution < -0.4 is 5.73 Å². The van der Waals surface area contributed by atoms with Crippen LogP contribution in [0, 0.1) is 0 Å². The Kier molecular flexibility index (Phi) is 3.43. The fourth-order valence-corrected chi connectivity index (χ4v) is 2.98. The summed E-state index contributed by atoms with van der Waals surface area (Å²) >= 11 is 3.19. The van der Waals surface area contributed by atoms with Gasteiger partial charge in [-0.1, -0.05) is 23.0 Å². The van der Waals surface area contributed by atoms with E-state index in [9.17, 15) is 0 Å². The normalized spacial score (nSPS) is 11.6. The van der Waals surface area contributed by atoms with Gasteiger partial charge in [0.1, 0.15) is 5.69 Å². The van der Waals surface area contributed by atoms with E-state index in [4.69, 9.17) is 10.9 Å². The number of nitrogens with zero attached hydrogens (tertiary/aromatic N) is 2. The van der Waals surface area contributed by atoms with Crippen molar-refractivity contribution in [3.63, 3.8) is 0 Å². The molecule has 82 valence electrons. The number of amidine groups is 1. The lowest BCUT2D eigenvalue weighted by Gasteiger charge is -2.04. The highest BCUT2D eigenvalue weighted by Gasteiger charge is 2.09. The third-order valence-electron chi connectivity index (χ3n) is 1.83. The molecule has 2 heterocycles. The molecule has 0 fully saturated rings. The first-order chi connectivity index (χ1) is 7.81. The zero-order valence-electron chi connectivity index (χ0n) is 8.20. The number of pyridine rings is 1. The highest BCUT2D eigenvalue weighted by atomic mass is 32.2. The molecule has 16 heavy (non-hydrogen) atoms. The molecule has 0 unspecified atom stereocenters. The lowest BCUT2D eigenvalue weighted by atomic mass is 10.3. The Labute approximate surface area is 101 Å². The van der Waals surface area contributed by atoms with Gasteiger partial charge in [-0.25, -0.2) is 0 Å². The van der Waals surface area contributed by atoms with Gasteiger partial charge >= 0.3 is 0 Å². The monoisotopic (exact) mass is 251 g/mol. The van der Waals surface area contributed by atoms with Crippen LogP contribution in [0.25, 0.3) is 0 Å². The minimum atomic E-state index is 0.0275. The van der Waals surface area contributed by atoms with E-state index >= 15 is 0 Å². The lowest BCUT2D eigenvalue weighted by molar-refractivity contribution is 0.318. The quantitative estimate of drug-likeness (QED) is 0.380. The van der Waals surface area contributed by atoms with Gasteiger partial charge in [0.05, 0.1) is 4.21 Å². The van der Waals surface area contributed by atoms with Gasteiger partial charge in [-0.2, -0.15) is 0 Å². The molecule has 4 nitrogen and oxygen atoms in total. The van der Waals surface area contributed by atoms with Crippen LogP contribution in [0.2, 0.25) is 0 Å². The molecule has 0 atom stereocenters. The molecular formula is C10H9N3OS2. The Morgan fingerprint density at radius 3 is 3.00 bits per heavy atom. The number of hydrogen-bond acceptors (Lipinski definition) is 5. The number of aromatic nitrogens is 1. The maximum absolute atomic E-state index is 8.66. The standard InChI is InChI=1S/C10H9N3OS2/c11-10(13-14)9-7(3-1-5-12-9)16-8-4-2-6-15-8/h1-6,14H,(H2,11,13). The Morgan fingerprint density at radius 1 is 1.44 bits per heavy atom. The average molecular weight is 251 g/mol. The highest BCUT2D eigenvalue weighted by Crippen LogP contribution is 2.32. The van der Waals surface area contributed by atoms with Crippen molar-refractivity contribution in [2.45, 2.75) is 9.10 Å². The summed E-state index contributed by atoms with van der Waals surface area (Å²) < 4.78 is 1.14. The van der Waals surface area contributed by atoms with Crippen molar-refractivity contribution in [1.82, 2.24) is 4.98 Å². The van der Waals surface area contributed by atoms with E-state index in [1.165, 1.54) is 0 Å². The molecule has 0 aliphatic rings. The van der Waals surface area contributed by atoms with E-state index < -0.39 is 0 Å². The molecule has 2 rings (SSSR count). The summed E-state index contributed by atoms with van der Waals surface area (Å²) in [6, 6.07) is 7.71. The van der Waals surface area contributed by atoms with E-state index in [0.29, 0.717) is 5.69 Å². The molecule has 3 N–H and O–H groups in total. The fraction of sp³-hybridized carbons (Fsp3) is 0. The fourth-order valence-electron chi connectivity index (χ4n) is 1.14. The topological polar surface area (TPSA) is 71.5 Å². The third-order valence-corrected chi connectivity index (χ3v) is 3.91. The smallest absolute Gasteiger partial charge is 0.189 e. The van der Waals surface area contributed by atoms with E-state index in [0.717, 1.165) is 9.10 Å². The molecule has 0 radical (unpaired) electrons. The van der Waals surface area contributed by atoms with Gasteiger partial charge in [-0.05, 0) is 23.6 Å². The van der Waals surface area contributed by atoms with Gasteiger partial charge in [-0.15, -0.1) is 11.3 Å². The molecule has 0 aliphatic heterocycles. The zero-order chi connectivity index (χ0) is 11.4. The molecule has 2 aromatic rings. The second-order valence-electron chi connectivity index (χ2n) is 2.87. The minimum absolute atomic E-state index is 0.0275. The largest absolute Gasteiger partial charge is 0.409 e. The van der Waals surface area contributed by atoms with E-state index in [-0.39, 0.29) is 5.84 Å². The molecule has 0 aliphatic carbocycles. The molecule has 0 spiro atoms. The summed E-state index contributed by atoms with van der Waals surface area (Å²) in [5, 5.41) is 13.6. The van der Waals surface area contributed by atoms with Gasteiger partial charge in [0.2, 0.25) is 0 Å². The molecule has 2 aromatic heterocycles. The summed E-state index contributed by atoms with van der Waals surface area (Å²) in [7, 11) is 0. The first kappa shape index (κ1) is 11.0. The first-order valence-electron chi connectivity index (χ1n) is 4.45. The summed E-state index contributed by atoms with van der Waals surface area (Å²) in [5.41, 5.74) is 6.05.